The van der Waals surface area contributed by atoms with Crippen LogP contribution in [0.5, 0.6) is 0 Å². The summed E-state index contributed by atoms with van der Waals surface area (Å²) in [6.45, 7) is 10.9. The van der Waals surface area contributed by atoms with Crippen LogP contribution in [0, 0.1) is 17.6 Å². The second-order valence-corrected chi connectivity index (χ2v) is 19.1. The number of nitrogens with two attached hydrogens (primary N) is 1. The molecule has 17 nitrogen and oxygen atoms in total. The predicted molar refractivity (Wildman–Crippen MR) is 240 cm³/mol. The van der Waals surface area contributed by atoms with E-state index in [0.29, 0.717) is 80.0 Å². The van der Waals surface area contributed by atoms with Crippen LogP contribution in [-0.4, -0.2) is 109 Å². The molecule has 65 heavy (non-hydrogen) atoms. The topological polar surface area (TPSA) is 202 Å². The van der Waals surface area contributed by atoms with E-state index in [4.69, 9.17) is 25.6 Å². The van der Waals surface area contributed by atoms with Crippen molar-refractivity contribution in [1.82, 2.24) is 50.3 Å². The van der Waals surface area contributed by atoms with Gasteiger partial charge in [0.2, 0.25) is 17.7 Å². The van der Waals surface area contributed by atoms with Crippen molar-refractivity contribution in [3.63, 3.8) is 0 Å². The van der Waals surface area contributed by atoms with Gasteiger partial charge < -0.3 is 25.7 Å². The molecule has 0 radical (unpaired) electrons. The Balaban J connectivity index is 0.702. The average molecular weight is 896 g/mol. The van der Waals surface area contributed by atoms with E-state index >= 15 is 8.78 Å². The maximum atomic E-state index is 15.2. The molecule has 9 rings (SSSR count). The van der Waals surface area contributed by atoms with E-state index in [0.717, 1.165) is 74.8 Å². The maximum Gasteiger partial charge on any atom is 0.249 e. The highest BCUT2D eigenvalue weighted by Gasteiger charge is 2.43. The minimum absolute atomic E-state index is 0.0587. The summed E-state index contributed by atoms with van der Waals surface area (Å²) in [5.74, 6) is 0.333. The van der Waals surface area contributed by atoms with Crippen molar-refractivity contribution in [3.05, 3.63) is 65.3 Å². The first kappa shape index (κ1) is 44.4. The lowest BCUT2D eigenvalue weighted by Gasteiger charge is -2.36. The molecule has 1 aliphatic carbocycles. The highest BCUT2D eigenvalue weighted by Crippen LogP contribution is 2.48. The molecule has 5 aliphatic rings. The number of unbranched alkanes of at least 4 members (excludes halogenated alkanes) is 3. The molecular weight excluding hydrogens is 837 g/mol. The van der Waals surface area contributed by atoms with Crippen LogP contribution in [0.1, 0.15) is 120 Å². The molecule has 0 spiro atoms. The van der Waals surface area contributed by atoms with E-state index in [1.807, 2.05) is 22.0 Å². The number of rotatable bonds is 14. The number of piperazine rings is 1. The van der Waals surface area contributed by atoms with Gasteiger partial charge in [0.15, 0.2) is 23.1 Å². The van der Waals surface area contributed by atoms with E-state index in [-0.39, 0.29) is 47.5 Å². The Hall–Kier alpha value is -5.82. The summed E-state index contributed by atoms with van der Waals surface area (Å²) >= 11 is 0. The van der Waals surface area contributed by atoms with Crippen molar-refractivity contribution in [2.24, 2.45) is 5.92 Å². The normalized spacial score (nSPS) is 21.3. The number of anilines is 3. The van der Waals surface area contributed by atoms with Crippen molar-refractivity contribution in [2.75, 3.05) is 61.8 Å². The maximum absolute atomic E-state index is 15.2. The van der Waals surface area contributed by atoms with Gasteiger partial charge in [-0.25, -0.2) is 33.4 Å². The van der Waals surface area contributed by atoms with Gasteiger partial charge in [-0.1, -0.05) is 12.8 Å². The van der Waals surface area contributed by atoms with Gasteiger partial charge in [0.1, 0.15) is 41.4 Å². The van der Waals surface area contributed by atoms with Crippen LogP contribution in [0.3, 0.4) is 0 Å². The van der Waals surface area contributed by atoms with Crippen LogP contribution in [0.2, 0.25) is 0 Å². The molecule has 3 aromatic heterocycles. The largest absolute Gasteiger partial charge is 0.411 e. The third-order valence-corrected chi connectivity index (χ3v) is 13.4. The Bertz CT molecular complexity index is 2430. The number of carbonyl (C=O) groups is 3. The molecule has 4 aliphatic heterocycles. The van der Waals surface area contributed by atoms with Crippen LogP contribution in [0.25, 0.3) is 16.6 Å². The van der Waals surface area contributed by atoms with Crippen LogP contribution in [-0.2, 0) is 24.8 Å². The zero-order valence-electron chi connectivity index (χ0n) is 37.4. The van der Waals surface area contributed by atoms with Crippen molar-refractivity contribution < 1.29 is 28.0 Å². The number of hydrogen-bond donors (Lipinski definition) is 4. The first-order chi connectivity index (χ1) is 31.3. The number of amides is 3. The molecule has 5 N–H and O–H groups in total. The standard InChI is InChI=1S/C46H59F2N13O4/c1-46(2,3)61-44-37(42(49)52-26-53-44)38(56-61)39-36(41(65-57-39)28-9-10-28)43-50-24-29(25-51-43)27-13-16-59(17-14-27)35(63)8-6-4-5-7-15-58-18-20-60(21-19-58)40-31(47)22-30(23-32(40)48)54-33-11-12-34(62)55-45(33)64/h22-28,33,39,54,57H,4-21H2,1-3H3,(H2,49,52,53)(H,55,62,64). The number of fused-ring (bicyclic) bond motifs is 1. The predicted octanol–water partition coefficient (Wildman–Crippen LogP) is 5.32. The molecule has 2 atom stereocenters. The summed E-state index contributed by atoms with van der Waals surface area (Å²) < 4.78 is 32.2. The number of benzene rings is 1. The fourth-order valence-corrected chi connectivity index (χ4v) is 9.58. The Morgan fingerprint density at radius 2 is 1.60 bits per heavy atom. The van der Waals surface area contributed by atoms with Crippen molar-refractivity contribution >= 4 is 51.5 Å². The average Bonchev–Trinajstić information content (AvgIpc) is 3.90. The van der Waals surface area contributed by atoms with E-state index < -0.39 is 29.6 Å². The smallest absolute Gasteiger partial charge is 0.249 e. The summed E-state index contributed by atoms with van der Waals surface area (Å²) in [6.07, 6.45) is 13.9. The SMILES string of the molecule is CC(C)(C)n1nc(C2NOC(C3CC3)=C2c2ncc(C3CCN(C(=O)CCCCCCN4CCN(c5c(F)cc(NC6CCC(=O)NC6=O)cc5F)CC4)CC3)cn2)c2c(N)ncnc21. The number of nitrogens with zero attached hydrogens (tertiary/aromatic N) is 9. The van der Waals surface area contributed by atoms with Gasteiger partial charge in [-0.05, 0) is 95.9 Å². The van der Waals surface area contributed by atoms with E-state index in [2.05, 4.69) is 51.8 Å². The van der Waals surface area contributed by atoms with Crippen LogP contribution in [0.4, 0.5) is 26.0 Å². The first-order valence-corrected chi connectivity index (χ1v) is 23.1. The van der Waals surface area contributed by atoms with Crippen molar-refractivity contribution in [1.29, 1.82) is 0 Å². The Labute approximate surface area is 376 Å². The number of hydrogen-bond acceptors (Lipinski definition) is 14. The summed E-state index contributed by atoms with van der Waals surface area (Å²) in [7, 11) is 0. The quantitative estimate of drug-likeness (QED) is 0.0936. The summed E-state index contributed by atoms with van der Waals surface area (Å²) in [5, 5.41) is 10.8. The molecule has 4 aromatic rings. The number of hydroxylamine groups is 1. The van der Waals surface area contributed by atoms with Gasteiger partial charge in [-0.3, -0.25) is 24.6 Å². The molecule has 346 valence electrons. The van der Waals surface area contributed by atoms with E-state index in [9.17, 15) is 14.4 Å². The molecule has 7 heterocycles. The first-order valence-electron chi connectivity index (χ1n) is 23.1. The third-order valence-electron chi connectivity index (χ3n) is 13.4. The van der Waals surface area contributed by atoms with Crippen LogP contribution in [0.15, 0.2) is 36.6 Å². The monoisotopic (exact) mass is 895 g/mol. The number of nitrogen functional groups attached to an aromatic ring is 1. The van der Waals surface area contributed by atoms with Gasteiger partial charge in [0.05, 0.1) is 16.5 Å². The third kappa shape index (κ3) is 9.62. The number of imide groups is 1. The van der Waals surface area contributed by atoms with Gasteiger partial charge in [0.25, 0.3) is 0 Å². The number of nitrogens with one attached hydrogen (secondary N) is 3. The Morgan fingerprint density at radius 3 is 2.28 bits per heavy atom. The number of aromatic nitrogens is 6. The summed E-state index contributed by atoms with van der Waals surface area (Å²) in [4.78, 5) is 67.5. The second kappa shape index (κ2) is 18.6. The van der Waals surface area contributed by atoms with Gasteiger partial charge >= 0.3 is 0 Å². The lowest BCUT2D eigenvalue weighted by atomic mass is 9.91. The molecule has 1 aromatic carbocycles. The summed E-state index contributed by atoms with van der Waals surface area (Å²) in [5.41, 5.74) is 12.7. The molecule has 0 bridgehead atoms. The highest BCUT2D eigenvalue weighted by molar-refractivity contribution is 6.01. The lowest BCUT2D eigenvalue weighted by molar-refractivity contribution is -0.134. The number of allylic oxidation sites excluding steroid dienone is 1. The highest BCUT2D eigenvalue weighted by atomic mass is 19.1. The minimum atomic E-state index is -0.721. The van der Waals surface area contributed by atoms with E-state index in [1.165, 1.54) is 18.5 Å². The fourth-order valence-electron chi connectivity index (χ4n) is 9.58. The molecule has 4 fully saturated rings. The van der Waals surface area contributed by atoms with Gasteiger partial charge in [-0.2, -0.15) is 5.10 Å². The zero-order chi connectivity index (χ0) is 45.4. The number of likely N-dealkylation sites (tertiary alicyclic amines) is 1. The molecule has 3 amide bonds. The Morgan fingerprint density at radius 1 is 0.892 bits per heavy atom. The van der Waals surface area contributed by atoms with Crippen molar-refractivity contribution in [2.45, 2.75) is 115 Å². The number of piperidine rings is 2. The molecule has 1 saturated carbocycles. The Kier molecular flexibility index (Phi) is 12.7. The number of halogens is 2. The minimum Gasteiger partial charge on any atom is -0.411 e. The van der Waals surface area contributed by atoms with E-state index in [1.54, 1.807) is 4.90 Å². The van der Waals surface area contributed by atoms with Gasteiger partial charge in [-0.15, -0.1) is 5.48 Å². The second-order valence-electron chi connectivity index (χ2n) is 19.1. The van der Waals surface area contributed by atoms with Gasteiger partial charge in [0, 0.05) is 76.1 Å². The number of carbonyl (C=O) groups excluding carboxylic acids is 3. The van der Waals surface area contributed by atoms with Crippen molar-refractivity contribution in [3.8, 4) is 0 Å². The fraction of sp³-hybridized carbons (Fsp3) is 0.565. The lowest BCUT2D eigenvalue weighted by Crippen LogP contribution is -2.47. The van der Waals surface area contributed by atoms with Crippen LogP contribution >= 0.6 is 0 Å². The molecule has 19 heteroatoms. The molecule has 2 unspecified atom stereocenters. The molecule has 3 saturated heterocycles. The zero-order valence-corrected chi connectivity index (χ0v) is 37.4. The molecular formula is C46H59F2N13O4. The summed E-state index contributed by atoms with van der Waals surface area (Å²) in [6, 6.07) is 1.24. The van der Waals surface area contributed by atoms with Crippen LogP contribution < -0.4 is 26.7 Å².